The van der Waals surface area contributed by atoms with Crippen molar-refractivity contribution in [3.63, 3.8) is 0 Å². The lowest BCUT2D eigenvalue weighted by molar-refractivity contribution is -0.0504. The molecule has 1 aromatic heterocycles. The third kappa shape index (κ3) is 7.96. The summed E-state index contributed by atoms with van der Waals surface area (Å²) < 4.78 is 29.5. The van der Waals surface area contributed by atoms with Gasteiger partial charge in [0, 0.05) is 30.0 Å². The molecular weight excluding hydrogens is 485 g/mol. The van der Waals surface area contributed by atoms with Crippen LogP contribution in [0.2, 0.25) is 0 Å². The number of hydrogen-bond donors (Lipinski definition) is 2. The Morgan fingerprint density at radius 1 is 1.26 bits per heavy atom. The molecular formula is C18H25F2IN4OS. The van der Waals surface area contributed by atoms with Gasteiger partial charge in [0.1, 0.15) is 5.75 Å². The van der Waals surface area contributed by atoms with Crippen molar-refractivity contribution in [2.24, 2.45) is 4.99 Å². The first kappa shape index (κ1) is 23.5. The van der Waals surface area contributed by atoms with Crippen molar-refractivity contribution >= 4 is 41.3 Å². The van der Waals surface area contributed by atoms with Gasteiger partial charge in [0.15, 0.2) is 5.96 Å². The van der Waals surface area contributed by atoms with E-state index in [1.54, 1.807) is 29.5 Å². The van der Waals surface area contributed by atoms with Gasteiger partial charge in [-0.15, -0.1) is 35.3 Å². The van der Waals surface area contributed by atoms with Crippen molar-refractivity contribution in [1.82, 2.24) is 15.6 Å². The summed E-state index contributed by atoms with van der Waals surface area (Å²) in [6.45, 7) is 4.83. The Morgan fingerprint density at radius 3 is 2.63 bits per heavy atom. The van der Waals surface area contributed by atoms with E-state index >= 15 is 0 Å². The Labute approximate surface area is 179 Å². The Hall–Kier alpha value is -1.49. The molecule has 0 fully saturated rings. The van der Waals surface area contributed by atoms with Gasteiger partial charge in [-0.05, 0) is 26.8 Å². The lowest BCUT2D eigenvalue weighted by Crippen LogP contribution is -2.38. The number of para-hydroxylation sites is 1. The lowest BCUT2D eigenvalue weighted by Gasteiger charge is -2.12. The van der Waals surface area contributed by atoms with Gasteiger partial charge in [-0.25, -0.2) is 9.98 Å². The molecule has 0 atom stereocenters. The van der Waals surface area contributed by atoms with Crippen molar-refractivity contribution in [1.29, 1.82) is 0 Å². The van der Waals surface area contributed by atoms with E-state index in [0.717, 1.165) is 17.1 Å². The van der Waals surface area contributed by atoms with Gasteiger partial charge in [-0.1, -0.05) is 18.2 Å². The molecule has 5 nitrogen and oxygen atoms in total. The van der Waals surface area contributed by atoms with Crippen molar-refractivity contribution in [3.05, 3.63) is 45.4 Å². The summed E-state index contributed by atoms with van der Waals surface area (Å²) in [6, 6.07) is 6.68. The highest BCUT2D eigenvalue weighted by Crippen LogP contribution is 2.21. The molecule has 27 heavy (non-hydrogen) atoms. The van der Waals surface area contributed by atoms with E-state index < -0.39 is 6.61 Å². The van der Waals surface area contributed by atoms with E-state index in [0.29, 0.717) is 24.6 Å². The maximum Gasteiger partial charge on any atom is 0.387 e. The predicted octanol–water partition coefficient (Wildman–Crippen LogP) is 4.28. The first-order chi connectivity index (χ1) is 12.5. The second-order valence-electron chi connectivity index (χ2n) is 5.61. The fourth-order valence-electron chi connectivity index (χ4n) is 2.29. The van der Waals surface area contributed by atoms with E-state index in [1.807, 2.05) is 13.8 Å². The SMILES string of the molecule is CCNC(=NCc1ccccc1OC(F)F)NCCc1nc(C)c(C)s1.I. The molecule has 9 heteroatoms. The lowest BCUT2D eigenvalue weighted by atomic mass is 10.2. The minimum Gasteiger partial charge on any atom is -0.434 e. The average molecular weight is 510 g/mol. The van der Waals surface area contributed by atoms with Crippen LogP contribution in [0.4, 0.5) is 8.78 Å². The van der Waals surface area contributed by atoms with Crippen LogP contribution in [0.5, 0.6) is 5.75 Å². The summed E-state index contributed by atoms with van der Waals surface area (Å²) in [5.74, 6) is 0.778. The minimum absolute atomic E-state index is 0. The number of thiazole rings is 1. The molecule has 0 radical (unpaired) electrons. The molecule has 0 unspecified atom stereocenters. The molecule has 2 N–H and O–H groups in total. The molecule has 0 saturated carbocycles. The van der Waals surface area contributed by atoms with Crippen LogP contribution in [-0.4, -0.2) is 30.6 Å². The summed E-state index contributed by atoms with van der Waals surface area (Å²) >= 11 is 1.70. The maximum atomic E-state index is 12.5. The third-order valence-corrected chi connectivity index (χ3v) is 4.78. The Kier molecular flexibility index (Phi) is 10.5. The van der Waals surface area contributed by atoms with E-state index in [4.69, 9.17) is 0 Å². The van der Waals surface area contributed by atoms with Crippen molar-refractivity contribution in [2.45, 2.75) is 40.3 Å². The largest absolute Gasteiger partial charge is 0.434 e. The van der Waals surface area contributed by atoms with E-state index in [9.17, 15) is 8.78 Å². The fourth-order valence-corrected chi connectivity index (χ4v) is 3.22. The normalized spacial score (nSPS) is 11.3. The number of benzene rings is 1. The number of nitrogens with zero attached hydrogens (tertiary/aromatic N) is 2. The summed E-state index contributed by atoms with van der Waals surface area (Å²) in [4.78, 5) is 10.2. The highest BCUT2D eigenvalue weighted by atomic mass is 127. The summed E-state index contributed by atoms with van der Waals surface area (Å²) in [5, 5.41) is 7.48. The van der Waals surface area contributed by atoms with E-state index in [1.165, 1.54) is 10.9 Å². The van der Waals surface area contributed by atoms with Crippen molar-refractivity contribution < 1.29 is 13.5 Å². The second-order valence-corrected chi connectivity index (χ2v) is 6.90. The standard InChI is InChI=1S/C18H24F2N4OS.HI/c1-4-21-18(22-10-9-16-24-12(2)13(3)26-16)23-11-14-7-5-6-8-15(14)25-17(19)20;/h5-8,17H,4,9-11H2,1-3H3,(H2,21,22,23);1H. The average Bonchev–Trinajstić information content (AvgIpc) is 2.91. The first-order valence-electron chi connectivity index (χ1n) is 8.47. The van der Waals surface area contributed by atoms with Gasteiger partial charge in [-0.2, -0.15) is 8.78 Å². The highest BCUT2D eigenvalue weighted by molar-refractivity contribution is 14.0. The summed E-state index contributed by atoms with van der Waals surface area (Å²) in [5.41, 5.74) is 1.68. The van der Waals surface area contributed by atoms with Gasteiger partial charge >= 0.3 is 6.61 Å². The van der Waals surface area contributed by atoms with Crippen LogP contribution in [0.25, 0.3) is 0 Å². The van der Waals surface area contributed by atoms with E-state index in [2.05, 4.69) is 32.3 Å². The fraction of sp³-hybridized carbons (Fsp3) is 0.444. The van der Waals surface area contributed by atoms with Crippen molar-refractivity contribution in [3.8, 4) is 5.75 Å². The number of hydrogen-bond acceptors (Lipinski definition) is 4. The van der Waals surface area contributed by atoms with Crippen LogP contribution in [-0.2, 0) is 13.0 Å². The Bertz CT molecular complexity index is 720. The Balaban J connectivity index is 0.00000364. The number of aromatic nitrogens is 1. The molecule has 0 aliphatic heterocycles. The topological polar surface area (TPSA) is 58.5 Å². The van der Waals surface area contributed by atoms with Crippen LogP contribution < -0.4 is 15.4 Å². The summed E-state index contributed by atoms with van der Waals surface area (Å²) in [7, 11) is 0. The number of guanidine groups is 1. The van der Waals surface area contributed by atoms with Gasteiger partial charge in [0.05, 0.1) is 17.2 Å². The zero-order chi connectivity index (χ0) is 18.9. The number of alkyl halides is 2. The quantitative estimate of drug-likeness (QED) is 0.317. The number of aliphatic imine (C=N–C) groups is 1. The van der Waals surface area contributed by atoms with Crippen LogP contribution >= 0.6 is 35.3 Å². The number of ether oxygens (including phenoxy) is 1. The predicted molar refractivity (Wildman–Crippen MR) is 117 cm³/mol. The van der Waals surface area contributed by atoms with Crippen LogP contribution in [0.15, 0.2) is 29.3 Å². The highest BCUT2D eigenvalue weighted by Gasteiger charge is 2.09. The van der Waals surface area contributed by atoms with Crippen LogP contribution in [0.3, 0.4) is 0 Å². The number of nitrogens with one attached hydrogen (secondary N) is 2. The molecule has 0 amide bonds. The van der Waals surface area contributed by atoms with Crippen molar-refractivity contribution in [2.75, 3.05) is 13.1 Å². The van der Waals surface area contributed by atoms with Crippen LogP contribution in [0.1, 0.15) is 28.1 Å². The van der Waals surface area contributed by atoms with Crippen LogP contribution in [0, 0.1) is 13.8 Å². The van der Waals surface area contributed by atoms with Gasteiger partial charge in [0.25, 0.3) is 0 Å². The van der Waals surface area contributed by atoms with Gasteiger partial charge in [0.2, 0.25) is 0 Å². The molecule has 150 valence electrons. The van der Waals surface area contributed by atoms with Gasteiger partial charge in [-0.3, -0.25) is 0 Å². The molecule has 2 rings (SSSR count). The zero-order valence-electron chi connectivity index (χ0n) is 15.6. The summed E-state index contributed by atoms with van der Waals surface area (Å²) in [6.07, 6.45) is 0.800. The maximum absolute atomic E-state index is 12.5. The molecule has 0 spiro atoms. The second kappa shape index (κ2) is 12.1. The molecule has 0 aliphatic carbocycles. The van der Waals surface area contributed by atoms with Gasteiger partial charge < -0.3 is 15.4 Å². The third-order valence-electron chi connectivity index (χ3n) is 3.64. The smallest absolute Gasteiger partial charge is 0.387 e. The molecule has 1 heterocycles. The number of rotatable bonds is 8. The Morgan fingerprint density at radius 2 is 2.00 bits per heavy atom. The molecule has 0 saturated heterocycles. The monoisotopic (exact) mass is 510 g/mol. The van der Waals surface area contributed by atoms with E-state index in [-0.39, 0.29) is 36.3 Å². The molecule has 2 aromatic rings. The number of aryl methyl sites for hydroxylation is 2. The molecule has 1 aromatic carbocycles. The first-order valence-corrected chi connectivity index (χ1v) is 9.29. The number of halogens is 3. The molecule has 0 bridgehead atoms. The zero-order valence-corrected chi connectivity index (χ0v) is 18.7. The molecule has 0 aliphatic rings. The minimum atomic E-state index is -2.85.